The Hall–Kier alpha value is -1.56. The fourth-order valence-electron chi connectivity index (χ4n) is 0.974. The molecule has 0 atom stereocenters. The third-order valence-electron chi connectivity index (χ3n) is 1.59. The zero-order valence-electron chi connectivity index (χ0n) is 8.26. The van der Waals surface area contributed by atoms with Gasteiger partial charge in [0.1, 0.15) is 5.75 Å². The Morgan fingerprint density at radius 1 is 1.33 bits per heavy atom. The van der Waals surface area contributed by atoms with Crippen LogP contribution in [0.2, 0.25) is 0 Å². The van der Waals surface area contributed by atoms with Crippen LogP contribution in [0.15, 0.2) is 18.2 Å². The predicted octanol–water partition coefficient (Wildman–Crippen LogP) is 0.846. The minimum Gasteiger partial charge on any atom is -0.497 e. The third-order valence-corrected chi connectivity index (χ3v) is 2.07. The summed E-state index contributed by atoms with van der Waals surface area (Å²) in [5.41, 5.74) is 0.154. The number of hydrogen-bond donors (Lipinski definition) is 0. The first-order valence-electron chi connectivity index (χ1n) is 3.99. The number of carbonyl (C=O) groups excluding carboxylic acids is 1. The molecule has 0 spiro atoms. The van der Waals surface area contributed by atoms with Crippen molar-refractivity contribution in [2.75, 3.05) is 13.4 Å². The summed E-state index contributed by atoms with van der Waals surface area (Å²) in [5, 5.41) is 0. The van der Waals surface area contributed by atoms with E-state index < -0.39 is 10.1 Å². The van der Waals surface area contributed by atoms with Gasteiger partial charge >= 0.3 is 10.1 Å². The summed E-state index contributed by atoms with van der Waals surface area (Å²) >= 11 is 0. The van der Waals surface area contributed by atoms with Crippen LogP contribution < -0.4 is 8.92 Å². The lowest BCUT2D eigenvalue weighted by atomic mass is 10.2. The number of rotatable bonds is 4. The smallest absolute Gasteiger partial charge is 0.306 e. The van der Waals surface area contributed by atoms with Crippen LogP contribution >= 0.6 is 0 Å². The molecule has 82 valence electrons. The first-order valence-corrected chi connectivity index (χ1v) is 5.80. The largest absolute Gasteiger partial charge is 0.497 e. The SMILES string of the molecule is COc1ccc(C=O)c(OS(C)(=O)=O)c1. The molecule has 0 fully saturated rings. The van der Waals surface area contributed by atoms with Gasteiger partial charge in [-0.3, -0.25) is 4.79 Å². The molecule has 6 heteroatoms. The molecule has 0 amide bonds. The van der Waals surface area contributed by atoms with Gasteiger partial charge in [-0.15, -0.1) is 0 Å². The molecule has 0 radical (unpaired) electrons. The average molecular weight is 230 g/mol. The maximum atomic E-state index is 10.9. The van der Waals surface area contributed by atoms with Gasteiger partial charge in [-0.1, -0.05) is 0 Å². The van der Waals surface area contributed by atoms with Crippen molar-refractivity contribution >= 4 is 16.4 Å². The summed E-state index contributed by atoms with van der Waals surface area (Å²) in [6.45, 7) is 0. The summed E-state index contributed by atoms with van der Waals surface area (Å²) in [6, 6.07) is 4.30. The second-order valence-corrected chi connectivity index (χ2v) is 4.38. The van der Waals surface area contributed by atoms with Crippen molar-refractivity contribution in [2.24, 2.45) is 0 Å². The van der Waals surface area contributed by atoms with Gasteiger partial charge in [0, 0.05) is 6.07 Å². The molecule has 0 saturated heterocycles. The van der Waals surface area contributed by atoms with E-state index in [9.17, 15) is 13.2 Å². The maximum absolute atomic E-state index is 10.9. The Morgan fingerprint density at radius 2 is 2.00 bits per heavy atom. The molecular weight excluding hydrogens is 220 g/mol. The van der Waals surface area contributed by atoms with Gasteiger partial charge in [0.05, 0.1) is 18.9 Å². The molecule has 0 saturated carbocycles. The summed E-state index contributed by atoms with van der Waals surface area (Å²) < 4.78 is 31.3. The molecule has 0 N–H and O–H groups in total. The summed E-state index contributed by atoms with van der Waals surface area (Å²) in [6.07, 6.45) is 1.42. The monoisotopic (exact) mass is 230 g/mol. The zero-order valence-corrected chi connectivity index (χ0v) is 9.08. The quantitative estimate of drug-likeness (QED) is 0.566. The van der Waals surface area contributed by atoms with Crippen LogP contribution in [0.25, 0.3) is 0 Å². The lowest BCUT2D eigenvalue weighted by Gasteiger charge is -2.07. The van der Waals surface area contributed by atoms with E-state index in [2.05, 4.69) is 4.18 Å². The minimum absolute atomic E-state index is 0.0353. The van der Waals surface area contributed by atoms with Crippen LogP contribution in [0.3, 0.4) is 0 Å². The molecule has 0 aliphatic rings. The van der Waals surface area contributed by atoms with E-state index in [0.717, 1.165) is 6.26 Å². The van der Waals surface area contributed by atoms with Crippen LogP contribution in [0, 0.1) is 0 Å². The van der Waals surface area contributed by atoms with Gasteiger partial charge in [-0.25, -0.2) is 0 Å². The van der Waals surface area contributed by atoms with Crippen molar-refractivity contribution in [2.45, 2.75) is 0 Å². The number of aldehydes is 1. The highest BCUT2D eigenvalue weighted by atomic mass is 32.2. The van der Waals surface area contributed by atoms with Gasteiger partial charge in [-0.05, 0) is 12.1 Å². The highest BCUT2D eigenvalue weighted by Crippen LogP contribution is 2.24. The highest BCUT2D eigenvalue weighted by Gasteiger charge is 2.10. The van der Waals surface area contributed by atoms with E-state index in [1.165, 1.54) is 19.2 Å². The standard InChI is InChI=1S/C9H10O5S/c1-13-8-4-3-7(6-10)9(5-8)14-15(2,11)12/h3-6H,1-2H3. The zero-order chi connectivity index (χ0) is 11.5. The van der Waals surface area contributed by atoms with E-state index in [1.807, 2.05) is 0 Å². The van der Waals surface area contributed by atoms with Crippen molar-refractivity contribution in [3.8, 4) is 11.5 Å². The van der Waals surface area contributed by atoms with Gasteiger partial charge in [-0.2, -0.15) is 8.42 Å². The van der Waals surface area contributed by atoms with Gasteiger partial charge in [0.2, 0.25) is 0 Å². The van der Waals surface area contributed by atoms with Crippen molar-refractivity contribution in [3.05, 3.63) is 23.8 Å². The van der Waals surface area contributed by atoms with Crippen molar-refractivity contribution in [3.63, 3.8) is 0 Å². The second kappa shape index (κ2) is 4.31. The minimum atomic E-state index is -3.65. The van der Waals surface area contributed by atoms with Crippen LogP contribution in [-0.2, 0) is 10.1 Å². The van der Waals surface area contributed by atoms with E-state index in [1.54, 1.807) is 6.07 Å². The van der Waals surface area contributed by atoms with Crippen LogP contribution in [0.5, 0.6) is 11.5 Å². The molecule has 0 aliphatic heterocycles. The molecule has 0 bridgehead atoms. The maximum Gasteiger partial charge on any atom is 0.306 e. The number of ether oxygens (including phenoxy) is 1. The third kappa shape index (κ3) is 3.25. The van der Waals surface area contributed by atoms with E-state index in [4.69, 9.17) is 4.74 Å². The van der Waals surface area contributed by atoms with Crippen molar-refractivity contribution < 1.29 is 22.1 Å². The highest BCUT2D eigenvalue weighted by molar-refractivity contribution is 7.86. The molecule has 0 unspecified atom stereocenters. The normalized spacial score (nSPS) is 10.8. The molecule has 1 aromatic carbocycles. The molecule has 15 heavy (non-hydrogen) atoms. The first kappa shape index (κ1) is 11.5. The summed E-state index contributed by atoms with van der Waals surface area (Å²) in [5.74, 6) is 0.381. The Balaban J connectivity index is 3.18. The Labute approximate surface area is 87.7 Å². The van der Waals surface area contributed by atoms with Crippen LogP contribution in [0.1, 0.15) is 10.4 Å². The topological polar surface area (TPSA) is 69.7 Å². The lowest BCUT2D eigenvalue weighted by molar-refractivity contribution is 0.112. The molecule has 0 heterocycles. The van der Waals surface area contributed by atoms with Crippen LogP contribution in [-0.4, -0.2) is 28.1 Å². The number of benzene rings is 1. The molecule has 1 rings (SSSR count). The lowest BCUT2D eigenvalue weighted by Crippen LogP contribution is -2.07. The fraction of sp³-hybridized carbons (Fsp3) is 0.222. The van der Waals surface area contributed by atoms with E-state index in [0.29, 0.717) is 12.0 Å². The van der Waals surface area contributed by atoms with Crippen molar-refractivity contribution in [1.82, 2.24) is 0 Å². The van der Waals surface area contributed by atoms with Crippen molar-refractivity contribution in [1.29, 1.82) is 0 Å². The van der Waals surface area contributed by atoms with Gasteiger partial charge in [0.25, 0.3) is 0 Å². The molecular formula is C9H10O5S. The molecule has 5 nitrogen and oxygen atoms in total. The Kier molecular flexibility index (Phi) is 3.31. The fourth-order valence-corrected chi connectivity index (χ4v) is 1.44. The molecule has 1 aromatic rings. The molecule has 0 aliphatic carbocycles. The summed E-state index contributed by atoms with van der Waals surface area (Å²) in [4.78, 5) is 10.6. The predicted molar refractivity (Wildman–Crippen MR) is 53.9 cm³/mol. The Bertz CT molecular complexity index is 463. The molecule has 0 aromatic heterocycles. The number of carbonyl (C=O) groups is 1. The van der Waals surface area contributed by atoms with E-state index in [-0.39, 0.29) is 11.3 Å². The number of methoxy groups -OCH3 is 1. The summed E-state index contributed by atoms with van der Waals surface area (Å²) in [7, 11) is -2.22. The average Bonchev–Trinajstić information content (AvgIpc) is 2.15. The van der Waals surface area contributed by atoms with Crippen LogP contribution in [0.4, 0.5) is 0 Å². The van der Waals surface area contributed by atoms with Gasteiger partial charge < -0.3 is 8.92 Å². The van der Waals surface area contributed by atoms with Gasteiger partial charge in [0.15, 0.2) is 12.0 Å². The number of hydrogen-bond acceptors (Lipinski definition) is 5. The Morgan fingerprint density at radius 3 is 2.47 bits per heavy atom. The first-order chi connectivity index (χ1) is 6.96. The van der Waals surface area contributed by atoms with E-state index >= 15 is 0 Å². The second-order valence-electron chi connectivity index (χ2n) is 2.81.